The molecule has 1 atom stereocenters. The zero-order valence-corrected chi connectivity index (χ0v) is 13.1. The Morgan fingerprint density at radius 1 is 1.40 bits per heavy atom. The fourth-order valence-corrected chi connectivity index (χ4v) is 4.31. The zero-order valence-electron chi connectivity index (χ0n) is 11.5. The summed E-state index contributed by atoms with van der Waals surface area (Å²) >= 11 is 5.77. The highest BCUT2D eigenvalue weighted by Crippen LogP contribution is 2.24. The first-order valence-electron chi connectivity index (χ1n) is 6.41. The van der Waals surface area contributed by atoms with Gasteiger partial charge in [-0.25, -0.2) is 12.8 Å². The lowest BCUT2D eigenvalue weighted by molar-refractivity contribution is 0.159. The summed E-state index contributed by atoms with van der Waals surface area (Å²) in [5, 5.41) is 0. The van der Waals surface area contributed by atoms with E-state index in [1.807, 2.05) is 14.0 Å². The third-order valence-electron chi connectivity index (χ3n) is 3.71. The molecule has 0 amide bonds. The Morgan fingerprint density at radius 2 is 2.10 bits per heavy atom. The van der Waals surface area contributed by atoms with Crippen molar-refractivity contribution >= 4 is 21.6 Å². The zero-order chi connectivity index (χ0) is 14.9. The van der Waals surface area contributed by atoms with E-state index in [1.54, 1.807) is 0 Å². The highest BCUT2D eigenvalue weighted by Gasteiger charge is 2.32. The van der Waals surface area contributed by atoms with Crippen molar-refractivity contribution in [3.8, 4) is 0 Å². The van der Waals surface area contributed by atoms with E-state index in [0.29, 0.717) is 25.2 Å². The molecule has 2 rings (SSSR count). The van der Waals surface area contributed by atoms with Crippen molar-refractivity contribution in [2.45, 2.75) is 23.7 Å². The lowest BCUT2D eigenvalue weighted by Crippen LogP contribution is -2.51. The van der Waals surface area contributed by atoms with Crippen LogP contribution in [-0.4, -0.2) is 50.3 Å². The lowest BCUT2D eigenvalue weighted by Gasteiger charge is -2.37. The minimum absolute atomic E-state index is 0.0238. The maximum atomic E-state index is 13.4. The number of piperazine rings is 1. The molecule has 1 aromatic rings. The number of alkyl halides is 1. The molecule has 1 heterocycles. The van der Waals surface area contributed by atoms with Gasteiger partial charge in [-0.05, 0) is 31.7 Å². The van der Waals surface area contributed by atoms with Gasteiger partial charge in [-0.2, -0.15) is 4.31 Å². The van der Waals surface area contributed by atoms with Crippen molar-refractivity contribution in [2.75, 3.05) is 26.7 Å². The van der Waals surface area contributed by atoms with Crippen LogP contribution in [0.25, 0.3) is 0 Å². The summed E-state index contributed by atoms with van der Waals surface area (Å²) in [5.41, 5.74) is 0.430. The fraction of sp³-hybridized carbons (Fsp3) is 0.538. The number of sulfonamides is 1. The van der Waals surface area contributed by atoms with Crippen LogP contribution in [0.4, 0.5) is 4.39 Å². The van der Waals surface area contributed by atoms with Crippen molar-refractivity contribution in [2.24, 2.45) is 0 Å². The number of likely N-dealkylation sites (N-methyl/N-ethyl adjacent to an activating group) is 1. The van der Waals surface area contributed by atoms with E-state index in [0.717, 1.165) is 6.07 Å². The van der Waals surface area contributed by atoms with Crippen molar-refractivity contribution < 1.29 is 12.8 Å². The predicted octanol–water partition coefficient (Wildman–Crippen LogP) is 1.89. The average Bonchev–Trinajstić information content (AvgIpc) is 2.41. The van der Waals surface area contributed by atoms with Crippen LogP contribution in [0.2, 0.25) is 0 Å². The number of nitrogens with zero attached hydrogens (tertiary/aromatic N) is 2. The van der Waals surface area contributed by atoms with Gasteiger partial charge < -0.3 is 4.90 Å². The molecule has 1 saturated heterocycles. The number of benzene rings is 1. The number of hydrogen-bond donors (Lipinski definition) is 0. The van der Waals surface area contributed by atoms with Crippen LogP contribution in [-0.2, 0) is 15.9 Å². The molecule has 4 nitrogen and oxygen atoms in total. The van der Waals surface area contributed by atoms with Crippen molar-refractivity contribution in [3.63, 3.8) is 0 Å². The molecule has 0 radical (unpaired) electrons. The van der Waals surface area contributed by atoms with Crippen LogP contribution in [0.15, 0.2) is 23.1 Å². The Kier molecular flexibility index (Phi) is 4.69. The van der Waals surface area contributed by atoms with Gasteiger partial charge in [-0.3, -0.25) is 0 Å². The second kappa shape index (κ2) is 5.97. The van der Waals surface area contributed by atoms with E-state index < -0.39 is 15.8 Å². The summed E-state index contributed by atoms with van der Waals surface area (Å²) in [7, 11) is -1.74. The van der Waals surface area contributed by atoms with Crippen LogP contribution >= 0.6 is 11.6 Å². The van der Waals surface area contributed by atoms with Crippen molar-refractivity contribution in [1.29, 1.82) is 0 Å². The van der Waals surface area contributed by atoms with Gasteiger partial charge in [-0.15, -0.1) is 11.6 Å². The molecule has 0 saturated carbocycles. The monoisotopic (exact) mass is 320 g/mol. The second-order valence-electron chi connectivity index (χ2n) is 5.08. The predicted molar refractivity (Wildman–Crippen MR) is 76.8 cm³/mol. The lowest BCUT2D eigenvalue weighted by atomic mass is 10.2. The summed E-state index contributed by atoms with van der Waals surface area (Å²) in [4.78, 5) is 2.07. The molecule has 0 N–H and O–H groups in total. The van der Waals surface area contributed by atoms with E-state index in [4.69, 9.17) is 11.6 Å². The second-order valence-corrected chi connectivity index (χ2v) is 7.25. The van der Waals surface area contributed by atoms with Crippen LogP contribution < -0.4 is 0 Å². The number of hydrogen-bond acceptors (Lipinski definition) is 3. The SMILES string of the molecule is CC1CN(S(=O)(=O)c2cc(F)ccc2CCl)CCN1C. The maximum absolute atomic E-state index is 13.4. The molecule has 1 unspecified atom stereocenters. The molecule has 1 aliphatic rings. The average molecular weight is 321 g/mol. The summed E-state index contributed by atoms with van der Waals surface area (Å²) < 4.78 is 40.1. The fourth-order valence-electron chi connectivity index (χ4n) is 2.25. The molecule has 112 valence electrons. The van der Waals surface area contributed by atoms with Gasteiger partial charge in [0, 0.05) is 31.6 Å². The quantitative estimate of drug-likeness (QED) is 0.799. The highest BCUT2D eigenvalue weighted by molar-refractivity contribution is 7.89. The van der Waals surface area contributed by atoms with Crippen LogP contribution in [0, 0.1) is 5.82 Å². The van der Waals surface area contributed by atoms with Gasteiger partial charge in [0.2, 0.25) is 10.0 Å². The molecule has 7 heteroatoms. The third-order valence-corrected chi connectivity index (χ3v) is 5.95. The molecule has 1 aromatic carbocycles. The van der Waals surface area contributed by atoms with Crippen LogP contribution in [0.3, 0.4) is 0 Å². The molecule has 0 bridgehead atoms. The number of rotatable bonds is 3. The molecule has 1 aliphatic heterocycles. The highest BCUT2D eigenvalue weighted by atomic mass is 35.5. The summed E-state index contributed by atoms with van der Waals surface area (Å²) in [6.45, 7) is 3.43. The summed E-state index contributed by atoms with van der Waals surface area (Å²) in [5.74, 6) is -0.530. The normalized spacial score (nSPS) is 22.1. The summed E-state index contributed by atoms with van der Waals surface area (Å²) in [6.07, 6.45) is 0. The van der Waals surface area contributed by atoms with Crippen LogP contribution in [0.1, 0.15) is 12.5 Å². The molecule has 0 aliphatic carbocycles. The van der Waals surface area contributed by atoms with Gasteiger partial charge in [-0.1, -0.05) is 6.07 Å². The van der Waals surface area contributed by atoms with E-state index >= 15 is 0 Å². The number of halogens is 2. The third kappa shape index (κ3) is 2.98. The standard InChI is InChI=1S/C13H18ClFN2O2S/c1-10-9-17(6-5-16(10)2)20(18,19)13-7-12(15)4-3-11(13)8-14/h3-4,7,10H,5-6,8-9H2,1-2H3. The first-order chi connectivity index (χ1) is 9.36. The smallest absolute Gasteiger partial charge is 0.243 e. The van der Waals surface area contributed by atoms with Crippen LogP contribution in [0.5, 0.6) is 0 Å². The Morgan fingerprint density at radius 3 is 2.70 bits per heavy atom. The molecule has 0 aromatic heterocycles. The van der Waals surface area contributed by atoms with E-state index in [1.165, 1.54) is 16.4 Å². The summed E-state index contributed by atoms with van der Waals surface area (Å²) in [6, 6.07) is 3.83. The van der Waals surface area contributed by atoms with Gasteiger partial charge in [0.1, 0.15) is 5.82 Å². The van der Waals surface area contributed by atoms with E-state index in [2.05, 4.69) is 4.90 Å². The molecule has 0 spiro atoms. The maximum Gasteiger partial charge on any atom is 0.243 e. The van der Waals surface area contributed by atoms with Crippen molar-refractivity contribution in [3.05, 3.63) is 29.6 Å². The Bertz CT molecular complexity index is 594. The Hall–Kier alpha value is -0.690. The topological polar surface area (TPSA) is 40.6 Å². The van der Waals surface area contributed by atoms with Gasteiger partial charge in [0.25, 0.3) is 0 Å². The minimum atomic E-state index is -3.70. The van der Waals surface area contributed by atoms with Gasteiger partial charge in [0.15, 0.2) is 0 Å². The van der Waals surface area contributed by atoms with Gasteiger partial charge in [0.05, 0.1) is 4.90 Å². The van der Waals surface area contributed by atoms with Gasteiger partial charge >= 0.3 is 0 Å². The van der Waals surface area contributed by atoms with Crippen molar-refractivity contribution in [1.82, 2.24) is 9.21 Å². The largest absolute Gasteiger partial charge is 0.301 e. The first kappa shape index (κ1) is 15.7. The first-order valence-corrected chi connectivity index (χ1v) is 8.38. The van der Waals surface area contributed by atoms with E-state index in [9.17, 15) is 12.8 Å². The molecular formula is C13H18ClFN2O2S. The molecule has 20 heavy (non-hydrogen) atoms. The molecular weight excluding hydrogens is 303 g/mol. The Balaban J connectivity index is 2.38. The minimum Gasteiger partial charge on any atom is -0.301 e. The molecule has 1 fully saturated rings. The Labute approximate surface area is 124 Å². The van der Waals surface area contributed by atoms with E-state index in [-0.39, 0.29) is 16.8 Å².